The van der Waals surface area contributed by atoms with E-state index in [1.165, 1.54) is 18.9 Å². The number of piperazine rings is 1. The van der Waals surface area contributed by atoms with Crippen molar-refractivity contribution < 1.29 is 13.6 Å². The molecule has 1 aliphatic carbocycles. The minimum Gasteiger partial charge on any atom is -0.366 e. The van der Waals surface area contributed by atoms with Crippen molar-refractivity contribution in [3.8, 4) is 0 Å². The zero-order valence-electron chi connectivity index (χ0n) is 13.3. The molecule has 0 spiro atoms. The maximum Gasteiger partial charge on any atom is 0.236 e. The highest BCUT2D eigenvalue weighted by atomic mass is 35.5. The van der Waals surface area contributed by atoms with Gasteiger partial charge in [0.1, 0.15) is 11.6 Å². The fourth-order valence-corrected chi connectivity index (χ4v) is 2.74. The summed E-state index contributed by atoms with van der Waals surface area (Å²) in [6, 6.07) is 3.47. The van der Waals surface area contributed by atoms with Gasteiger partial charge in [0.25, 0.3) is 0 Å². The van der Waals surface area contributed by atoms with Gasteiger partial charge < -0.3 is 15.1 Å². The number of halogens is 4. The van der Waals surface area contributed by atoms with Crippen molar-refractivity contribution in [2.24, 2.45) is 5.92 Å². The summed E-state index contributed by atoms with van der Waals surface area (Å²) >= 11 is 0. The van der Waals surface area contributed by atoms with Crippen LogP contribution in [0.5, 0.6) is 0 Å². The number of rotatable bonds is 5. The van der Waals surface area contributed by atoms with E-state index >= 15 is 0 Å². The van der Waals surface area contributed by atoms with E-state index in [9.17, 15) is 13.6 Å². The van der Waals surface area contributed by atoms with Crippen LogP contribution in [0.4, 0.5) is 14.5 Å². The molecular formula is C16H23Cl2F2N3O. The van der Waals surface area contributed by atoms with Gasteiger partial charge in [0.2, 0.25) is 5.91 Å². The van der Waals surface area contributed by atoms with Crippen LogP contribution in [0, 0.1) is 17.6 Å². The van der Waals surface area contributed by atoms with E-state index in [0.29, 0.717) is 32.7 Å². The van der Waals surface area contributed by atoms with E-state index in [1.54, 1.807) is 9.80 Å². The SMILES string of the molecule is Cl.Cl.O=C(CNCC1CC1)N1CCN(c2cc(F)ccc2F)CC1. The summed E-state index contributed by atoms with van der Waals surface area (Å²) in [5.41, 5.74) is 0.277. The molecule has 0 aromatic heterocycles. The van der Waals surface area contributed by atoms with E-state index in [2.05, 4.69) is 5.32 Å². The Morgan fingerprint density at radius 1 is 1.12 bits per heavy atom. The third-order valence-corrected chi connectivity index (χ3v) is 4.29. The smallest absolute Gasteiger partial charge is 0.236 e. The highest BCUT2D eigenvalue weighted by Gasteiger charge is 2.24. The lowest BCUT2D eigenvalue weighted by Gasteiger charge is -2.36. The second-order valence-electron chi connectivity index (χ2n) is 6.04. The quantitative estimate of drug-likeness (QED) is 0.850. The minimum atomic E-state index is -0.445. The summed E-state index contributed by atoms with van der Waals surface area (Å²) in [5.74, 6) is -0.0351. The Morgan fingerprint density at radius 3 is 2.42 bits per heavy atom. The average molecular weight is 382 g/mol. The van der Waals surface area contributed by atoms with E-state index in [-0.39, 0.29) is 36.4 Å². The van der Waals surface area contributed by atoms with Crippen molar-refractivity contribution in [1.82, 2.24) is 10.2 Å². The number of hydrogen-bond acceptors (Lipinski definition) is 3. The van der Waals surface area contributed by atoms with Gasteiger partial charge in [0.05, 0.1) is 12.2 Å². The molecule has 24 heavy (non-hydrogen) atoms. The topological polar surface area (TPSA) is 35.6 Å². The van der Waals surface area contributed by atoms with Crippen LogP contribution in [0.1, 0.15) is 12.8 Å². The normalized spacial score (nSPS) is 17.1. The first-order chi connectivity index (χ1) is 10.6. The van der Waals surface area contributed by atoms with Crippen LogP contribution >= 0.6 is 24.8 Å². The second kappa shape index (κ2) is 9.39. The molecule has 2 fully saturated rings. The van der Waals surface area contributed by atoms with Gasteiger partial charge in [-0.05, 0) is 37.4 Å². The summed E-state index contributed by atoms with van der Waals surface area (Å²) in [4.78, 5) is 15.7. The number of nitrogens with one attached hydrogen (secondary N) is 1. The third-order valence-electron chi connectivity index (χ3n) is 4.29. The number of amides is 1. The summed E-state index contributed by atoms with van der Waals surface area (Å²) in [5, 5.41) is 3.19. The Balaban J connectivity index is 0.00000144. The van der Waals surface area contributed by atoms with Crippen LogP contribution in [-0.4, -0.2) is 50.1 Å². The number of benzene rings is 1. The Morgan fingerprint density at radius 2 is 1.79 bits per heavy atom. The molecule has 1 saturated carbocycles. The maximum atomic E-state index is 13.8. The van der Waals surface area contributed by atoms with Gasteiger partial charge in [0, 0.05) is 32.2 Å². The summed E-state index contributed by atoms with van der Waals surface area (Å²) in [6.07, 6.45) is 2.53. The van der Waals surface area contributed by atoms with Crippen molar-refractivity contribution in [3.63, 3.8) is 0 Å². The van der Waals surface area contributed by atoms with Crippen molar-refractivity contribution in [2.45, 2.75) is 12.8 Å². The number of anilines is 1. The molecule has 0 bridgehead atoms. The van der Waals surface area contributed by atoms with Gasteiger partial charge in [-0.3, -0.25) is 4.79 Å². The molecule has 0 atom stereocenters. The molecule has 136 valence electrons. The monoisotopic (exact) mass is 381 g/mol. The molecule has 0 unspecified atom stereocenters. The van der Waals surface area contributed by atoms with Crippen LogP contribution in [0.2, 0.25) is 0 Å². The van der Waals surface area contributed by atoms with Gasteiger partial charge in [-0.1, -0.05) is 0 Å². The van der Waals surface area contributed by atoms with Crippen molar-refractivity contribution in [1.29, 1.82) is 0 Å². The fraction of sp³-hybridized carbons (Fsp3) is 0.562. The molecule has 1 aromatic carbocycles. The van der Waals surface area contributed by atoms with Gasteiger partial charge in [-0.25, -0.2) is 8.78 Å². The van der Waals surface area contributed by atoms with E-state index < -0.39 is 11.6 Å². The molecule has 4 nitrogen and oxygen atoms in total. The first kappa shape index (κ1) is 20.9. The Labute approximate surface area is 153 Å². The molecule has 8 heteroatoms. The van der Waals surface area contributed by atoms with Crippen LogP contribution < -0.4 is 10.2 Å². The molecule has 0 radical (unpaired) electrons. The molecule has 1 N–H and O–H groups in total. The van der Waals surface area contributed by atoms with E-state index in [0.717, 1.165) is 24.6 Å². The molecular weight excluding hydrogens is 359 g/mol. The van der Waals surface area contributed by atoms with Crippen molar-refractivity contribution in [2.75, 3.05) is 44.2 Å². The van der Waals surface area contributed by atoms with E-state index in [4.69, 9.17) is 0 Å². The number of carbonyl (C=O) groups excluding carboxylic acids is 1. The molecule has 1 aliphatic heterocycles. The largest absolute Gasteiger partial charge is 0.366 e. The first-order valence-electron chi connectivity index (χ1n) is 7.82. The zero-order chi connectivity index (χ0) is 15.5. The number of carbonyl (C=O) groups is 1. The van der Waals surface area contributed by atoms with Crippen molar-refractivity contribution >= 4 is 36.4 Å². The van der Waals surface area contributed by atoms with Gasteiger partial charge >= 0.3 is 0 Å². The fourth-order valence-electron chi connectivity index (χ4n) is 2.74. The highest BCUT2D eigenvalue weighted by molar-refractivity contribution is 5.85. The molecule has 1 saturated heterocycles. The van der Waals surface area contributed by atoms with Gasteiger partial charge in [-0.2, -0.15) is 0 Å². The predicted molar refractivity (Wildman–Crippen MR) is 95.2 cm³/mol. The summed E-state index contributed by atoms with van der Waals surface area (Å²) in [6.45, 7) is 3.41. The zero-order valence-corrected chi connectivity index (χ0v) is 15.0. The van der Waals surface area contributed by atoms with Gasteiger partial charge in [-0.15, -0.1) is 24.8 Å². The third kappa shape index (κ3) is 5.46. The second-order valence-corrected chi connectivity index (χ2v) is 6.04. The standard InChI is InChI=1S/C16H21F2N3O.2ClH/c17-13-3-4-14(18)15(9-13)20-5-7-21(8-6-20)16(22)11-19-10-12-1-2-12;;/h3-4,9,12,19H,1-2,5-8,10-11H2;2*1H. The Hall–Kier alpha value is -1.11. The van der Waals surface area contributed by atoms with Gasteiger partial charge in [0.15, 0.2) is 0 Å². The lowest BCUT2D eigenvalue weighted by molar-refractivity contribution is -0.130. The average Bonchev–Trinajstić information content (AvgIpc) is 3.34. The number of nitrogens with zero attached hydrogens (tertiary/aromatic N) is 2. The van der Waals surface area contributed by atoms with E-state index in [1.807, 2.05) is 0 Å². The van der Waals surface area contributed by atoms with Crippen LogP contribution in [0.25, 0.3) is 0 Å². The van der Waals surface area contributed by atoms with Crippen molar-refractivity contribution in [3.05, 3.63) is 29.8 Å². The lowest BCUT2D eigenvalue weighted by Crippen LogP contribution is -2.51. The minimum absolute atomic E-state index is 0. The first-order valence-corrected chi connectivity index (χ1v) is 7.82. The summed E-state index contributed by atoms with van der Waals surface area (Å²) < 4.78 is 27.0. The molecule has 1 aromatic rings. The Bertz CT molecular complexity index is 550. The predicted octanol–water partition coefficient (Wildman–Crippen LogP) is 2.46. The lowest BCUT2D eigenvalue weighted by atomic mass is 10.2. The van der Waals surface area contributed by atoms with Crippen LogP contribution in [0.3, 0.4) is 0 Å². The summed E-state index contributed by atoms with van der Waals surface area (Å²) in [7, 11) is 0. The number of hydrogen-bond donors (Lipinski definition) is 1. The maximum absolute atomic E-state index is 13.8. The molecule has 1 amide bonds. The molecule has 3 rings (SSSR count). The van der Waals surface area contributed by atoms with Crippen LogP contribution in [0.15, 0.2) is 18.2 Å². The van der Waals surface area contributed by atoms with Crippen LogP contribution in [-0.2, 0) is 4.79 Å². The Kier molecular flexibility index (Phi) is 8.19. The molecule has 1 heterocycles. The molecule has 2 aliphatic rings. The highest BCUT2D eigenvalue weighted by Crippen LogP contribution is 2.27.